The van der Waals surface area contributed by atoms with Gasteiger partial charge in [-0.25, -0.2) is 4.79 Å². The van der Waals surface area contributed by atoms with Gasteiger partial charge in [0.05, 0.1) is 7.11 Å². The summed E-state index contributed by atoms with van der Waals surface area (Å²) in [5.74, 6) is -5.84. The van der Waals surface area contributed by atoms with Gasteiger partial charge in [-0.1, -0.05) is 0 Å². The average Bonchev–Trinajstić information content (AvgIpc) is 2.73. The molecule has 1 aromatic rings. The normalized spacial score (nSPS) is 15.2. The Kier molecular flexibility index (Phi) is 3.54. The Hall–Kier alpha value is -2.64. The van der Waals surface area contributed by atoms with Crippen LogP contribution >= 0.6 is 0 Å². The van der Waals surface area contributed by atoms with E-state index in [4.69, 9.17) is 4.74 Å². The van der Waals surface area contributed by atoms with Gasteiger partial charge < -0.3 is 9.47 Å². The summed E-state index contributed by atoms with van der Waals surface area (Å²) in [6, 6.07) is 5.30. The summed E-state index contributed by atoms with van der Waals surface area (Å²) in [6.07, 6.45) is -5.28. The Morgan fingerprint density at radius 2 is 1.71 bits per heavy atom. The maximum Gasteiger partial charge on any atom is 0.455 e. The highest BCUT2D eigenvalue weighted by molar-refractivity contribution is 6.52. The number of hydrogen-bond donors (Lipinski definition) is 0. The van der Waals surface area contributed by atoms with Gasteiger partial charge in [-0.3, -0.25) is 9.59 Å². The largest absolute Gasteiger partial charge is 0.497 e. The maximum atomic E-state index is 12.5. The molecule has 110 valence electrons. The van der Waals surface area contributed by atoms with E-state index >= 15 is 0 Å². The van der Waals surface area contributed by atoms with Gasteiger partial charge in [0.25, 0.3) is 11.6 Å². The van der Waals surface area contributed by atoms with E-state index < -0.39 is 35.0 Å². The Morgan fingerprint density at radius 3 is 2.19 bits per heavy atom. The summed E-state index contributed by atoms with van der Waals surface area (Å²) in [6.45, 7) is 0. The van der Waals surface area contributed by atoms with Crippen LogP contribution < -0.4 is 4.74 Å². The van der Waals surface area contributed by atoms with Crippen molar-refractivity contribution >= 4 is 23.3 Å². The van der Waals surface area contributed by atoms with Crippen molar-refractivity contribution in [2.24, 2.45) is 0 Å². The molecule has 0 fully saturated rings. The van der Waals surface area contributed by atoms with Crippen molar-refractivity contribution in [2.75, 3.05) is 7.11 Å². The van der Waals surface area contributed by atoms with Crippen LogP contribution in [0.1, 0.15) is 5.56 Å². The smallest absolute Gasteiger partial charge is 0.455 e. The van der Waals surface area contributed by atoms with Gasteiger partial charge in [0.1, 0.15) is 11.3 Å². The number of methoxy groups -OCH3 is 1. The third kappa shape index (κ3) is 2.64. The van der Waals surface area contributed by atoms with Crippen LogP contribution in [0.25, 0.3) is 5.76 Å². The molecule has 0 bridgehead atoms. The molecule has 0 atom stereocenters. The number of ether oxygens (including phenoxy) is 2. The van der Waals surface area contributed by atoms with Crippen LogP contribution in [-0.2, 0) is 19.1 Å². The van der Waals surface area contributed by atoms with Crippen molar-refractivity contribution in [3.05, 3.63) is 35.4 Å². The van der Waals surface area contributed by atoms with E-state index in [2.05, 4.69) is 4.74 Å². The molecule has 1 aliphatic heterocycles. The monoisotopic (exact) mass is 300 g/mol. The molecule has 2 rings (SSSR count). The van der Waals surface area contributed by atoms with Crippen LogP contribution in [0.2, 0.25) is 0 Å². The van der Waals surface area contributed by atoms with Crippen molar-refractivity contribution in [3.8, 4) is 5.75 Å². The number of Topliss-reactive ketones (excluding diaryl/α,β-unsaturated/α-hetero) is 2. The first kappa shape index (κ1) is 14.8. The molecule has 8 heteroatoms. The lowest BCUT2D eigenvalue weighted by Gasteiger charge is -2.07. The number of alkyl halides is 3. The molecule has 1 aromatic carbocycles. The summed E-state index contributed by atoms with van der Waals surface area (Å²) < 4.78 is 46.8. The van der Waals surface area contributed by atoms with Crippen LogP contribution in [0.15, 0.2) is 29.8 Å². The van der Waals surface area contributed by atoms with Crippen LogP contribution in [-0.4, -0.2) is 30.8 Å². The molecule has 0 radical (unpaired) electrons. The SMILES string of the molecule is COc1ccc(C2=C(C(=O)C(F)(F)F)C(=O)C(=O)O2)cc1. The number of halogens is 3. The zero-order valence-corrected chi connectivity index (χ0v) is 10.5. The number of carbonyl (C=O) groups is 3. The van der Waals surface area contributed by atoms with Gasteiger partial charge in [0.15, 0.2) is 5.76 Å². The van der Waals surface area contributed by atoms with Crippen molar-refractivity contribution < 1.29 is 37.0 Å². The van der Waals surface area contributed by atoms with Crippen molar-refractivity contribution in [1.82, 2.24) is 0 Å². The third-order valence-corrected chi connectivity index (χ3v) is 2.67. The molecular formula is C13H7F3O5. The lowest BCUT2D eigenvalue weighted by atomic mass is 10.0. The van der Waals surface area contributed by atoms with Gasteiger partial charge in [0.2, 0.25) is 0 Å². The highest BCUT2D eigenvalue weighted by Gasteiger charge is 2.50. The Bertz CT molecular complexity index is 655. The summed E-state index contributed by atoms with van der Waals surface area (Å²) >= 11 is 0. The molecule has 0 amide bonds. The van der Waals surface area contributed by atoms with Gasteiger partial charge in [-0.15, -0.1) is 0 Å². The minimum Gasteiger partial charge on any atom is -0.497 e. The molecule has 1 aliphatic rings. The van der Waals surface area contributed by atoms with E-state index in [-0.39, 0.29) is 5.56 Å². The number of carbonyl (C=O) groups excluding carboxylic acids is 3. The van der Waals surface area contributed by atoms with E-state index in [1.165, 1.54) is 31.4 Å². The third-order valence-electron chi connectivity index (χ3n) is 2.67. The summed E-state index contributed by atoms with van der Waals surface area (Å²) in [4.78, 5) is 33.9. The molecule has 5 nitrogen and oxygen atoms in total. The summed E-state index contributed by atoms with van der Waals surface area (Å²) in [5.41, 5.74) is -1.32. The predicted molar refractivity (Wildman–Crippen MR) is 62.1 cm³/mol. The Labute approximate surface area is 115 Å². The zero-order chi connectivity index (χ0) is 15.8. The van der Waals surface area contributed by atoms with E-state index in [0.717, 1.165) is 0 Å². The number of rotatable bonds is 3. The van der Waals surface area contributed by atoms with Crippen LogP contribution in [0.3, 0.4) is 0 Å². The molecule has 0 aromatic heterocycles. The first-order chi connectivity index (χ1) is 9.75. The quantitative estimate of drug-likeness (QED) is 0.482. The van der Waals surface area contributed by atoms with E-state index in [1.807, 2.05) is 0 Å². The molecule has 0 aliphatic carbocycles. The molecule has 21 heavy (non-hydrogen) atoms. The first-order valence-electron chi connectivity index (χ1n) is 5.52. The molecule has 0 unspecified atom stereocenters. The minimum absolute atomic E-state index is 0.0115. The summed E-state index contributed by atoms with van der Waals surface area (Å²) in [5, 5.41) is 0. The topological polar surface area (TPSA) is 69.7 Å². The number of esters is 1. The fourth-order valence-corrected chi connectivity index (χ4v) is 1.69. The predicted octanol–water partition coefficient (Wildman–Crippen LogP) is 1.66. The summed E-state index contributed by atoms with van der Waals surface area (Å²) in [7, 11) is 1.38. The second-order valence-corrected chi connectivity index (χ2v) is 3.98. The van der Waals surface area contributed by atoms with Crippen molar-refractivity contribution in [3.63, 3.8) is 0 Å². The fraction of sp³-hybridized carbons (Fsp3) is 0.154. The van der Waals surface area contributed by atoms with Crippen LogP contribution in [0.5, 0.6) is 5.75 Å². The number of cyclic esters (lactones) is 1. The molecule has 0 saturated carbocycles. The van der Waals surface area contributed by atoms with Gasteiger partial charge in [-0.05, 0) is 24.3 Å². The van der Waals surface area contributed by atoms with Gasteiger partial charge >= 0.3 is 12.1 Å². The molecule has 0 N–H and O–H groups in total. The Balaban J connectivity index is 2.54. The van der Waals surface area contributed by atoms with E-state index in [1.54, 1.807) is 0 Å². The average molecular weight is 300 g/mol. The number of hydrogen-bond acceptors (Lipinski definition) is 5. The zero-order valence-electron chi connectivity index (χ0n) is 10.5. The molecule has 0 saturated heterocycles. The second kappa shape index (κ2) is 5.04. The fourth-order valence-electron chi connectivity index (χ4n) is 1.69. The van der Waals surface area contributed by atoms with Gasteiger partial charge in [-0.2, -0.15) is 13.2 Å². The lowest BCUT2D eigenvalue weighted by Crippen LogP contribution is -2.28. The standard InChI is InChI=1S/C13H7F3O5/c1-20-7-4-2-6(3-5-7)10-8(9(17)12(19)21-10)11(18)13(14,15)16/h2-5H,1H3. The van der Waals surface area contributed by atoms with Crippen molar-refractivity contribution in [1.29, 1.82) is 0 Å². The lowest BCUT2D eigenvalue weighted by molar-refractivity contribution is -0.167. The highest BCUT2D eigenvalue weighted by atomic mass is 19.4. The van der Waals surface area contributed by atoms with Crippen LogP contribution in [0, 0.1) is 0 Å². The minimum atomic E-state index is -5.28. The highest BCUT2D eigenvalue weighted by Crippen LogP contribution is 2.33. The Morgan fingerprint density at radius 1 is 1.14 bits per heavy atom. The molecule has 1 heterocycles. The first-order valence-corrected chi connectivity index (χ1v) is 5.52. The number of benzene rings is 1. The van der Waals surface area contributed by atoms with Crippen molar-refractivity contribution in [2.45, 2.75) is 6.18 Å². The number of ketones is 2. The van der Waals surface area contributed by atoms with Crippen LogP contribution in [0.4, 0.5) is 13.2 Å². The van der Waals surface area contributed by atoms with E-state index in [9.17, 15) is 27.6 Å². The van der Waals surface area contributed by atoms with Gasteiger partial charge in [0, 0.05) is 5.56 Å². The molecular weight excluding hydrogens is 293 g/mol. The second-order valence-electron chi connectivity index (χ2n) is 3.98. The molecule has 0 spiro atoms. The van der Waals surface area contributed by atoms with E-state index in [0.29, 0.717) is 5.75 Å². The maximum absolute atomic E-state index is 12.5.